The van der Waals surface area contributed by atoms with Crippen LogP contribution in [0, 0.1) is 0 Å². The van der Waals surface area contributed by atoms with Gasteiger partial charge in [0.25, 0.3) is 0 Å². The van der Waals surface area contributed by atoms with Gasteiger partial charge < -0.3 is 194 Å². The number of thiocarbonyl (C=S) groups is 1. The smallest absolute Gasteiger partial charge is 0.340 e. The van der Waals surface area contributed by atoms with Crippen LogP contribution in [0.1, 0.15) is 140 Å². The third-order valence-electron chi connectivity index (χ3n) is 25.5. The number of phenolic OH excluding ortho intramolecular Hbond substituents is 2. The molecule has 140 heavy (non-hydrogen) atoms. The molecule has 23 N–H and O–H groups in total. The number of anilines is 1. The standard InChI is InChI=1S/C89H129N11O38S2/c101-39-60-64(107)68(111)73(116)82(132-60)126-26-13-7-1-4-10-23-123-42-46-33-98(95-92-46)36-57-63(106)67(110)76(119)85(130-57)136-79-58(37-99-34-47(93-96-99)43-124-24-11-5-2-8-14-27-127-83-74(117)69(112)65(108)61(40-102)133-83)131-86(77(120)71(79)114)137-80-59(38-100-35-48(94-97-100)44-125-25-12-6-3-9-15-28-128-84-75(118)70(113)66(109)62(41-103)134-84)135-87(78(121)72(80)115)140-29-22-90-88(139)91-45-16-19-52-51(30-45)81(122)138-89(52)53-20-17-49(104)31-55(53)129-56-32-50(105)18-21-54(56)89/h16-21,30-35,57-80,82-87,101-121H,1-15,22-29,36-44H2,(H2,90,91,139)/t57-,58-,59-,60+,61+,62+,63-,64+,65+,66+,67+,68-,69-,70-,71-,72-,73-,74-,75-,76-,77-,78-,79-,80-,82-,83-,84-,85-,86-,87-/m1/s1. The number of carbonyl (C=O) groups is 1. The number of nitrogens with one attached hydrogen (secondary N) is 2. The number of ether oxygens (including phenoxy) is 16. The minimum Gasteiger partial charge on any atom is -0.508 e. The molecule has 0 aliphatic carbocycles. The van der Waals surface area contributed by atoms with Gasteiger partial charge in [-0.25, -0.2) is 18.8 Å². The number of hydrogen-bond acceptors (Lipinski definition) is 46. The molecule has 51 heteroatoms. The third-order valence-corrected chi connectivity index (χ3v) is 26.9. The van der Waals surface area contributed by atoms with Crippen molar-refractivity contribution in [2.75, 3.05) is 77.1 Å². The quantitative estimate of drug-likeness (QED) is 0.00980. The van der Waals surface area contributed by atoms with Crippen LogP contribution < -0.4 is 15.4 Å². The number of esters is 1. The summed E-state index contributed by atoms with van der Waals surface area (Å²) in [4.78, 5) is 13.9. The molecular formula is C89H129N11O38S2. The minimum absolute atomic E-state index is 0.0184. The number of aliphatic hydroxyl groups is 19. The zero-order valence-electron chi connectivity index (χ0n) is 76.5. The Balaban J connectivity index is 0.615. The Labute approximate surface area is 812 Å². The number of unbranched alkanes of at least 4 members (excludes halogenated alkanes) is 12. The topological polar surface area (TPSA) is 706 Å². The van der Waals surface area contributed by atoms with E-state index in [1.54, 1.807) is 36.5 Å². The van der Waals surface area contributed by atoms with Crippen molar-refractivity contribution in [3.05, 3.63) is 113 Å². The van der Waals surface area contributed by atoms with Crippen LogP contribution in [0.2, 0.25) is 0 Å². The maximum Gasteiger partial charge on any atom is 0.340 e. The number of hydrogen-bond donors (Lipinski definition) is 23. The molecule has 6 saturated heterocycles. The summed E-state index contributed by atoms with van der Waals surface area (Å²) in [7, 11) is 0. The fourth-order valence-electron chi connectivity index (χ4n) is 17.8. The number of aliphatic hydroxyl groups excluding tert-OH is 19. The molecule has 11 heterocycles. The van der Waals surface area contributed by atoms with E-state index in [0.29, 0.717) is 97.8 Å². The number of phenols is 2. The first kappa shape index (κ1) is 108. The Hall–Kier alpha value is -7.33. The van der Waals surface area contributed by atoms with Gasteiger partial charge in [0.05, 0.1) is 83.4 Å². The molecule has 780 valence electrons. The molecule has 30 atom stereocenters. The normalized spacial score (nSPS) is 32.5. The second-order valence-electron chi connectivity index (χ2n) is 35.8. The lowest BCUT2D eigenvalue weighted by atomic mass is 9.77. The molecular weight excluding hydrogens is 1900 g/mol. The van der Waals surface area contributed by atoms with Gasteiger partial charge in [-0.2, -0.15) is 0 Å². The third kappa shape index (κ3) is 26.9. The van der Waals surface area contributed by atoms with Crippen molar-refractivity contribution in [2.45, 2.75) is 325 Å². The zero-order chi connectivity index (χ0) is 99.4. The van der Waals surface area contributed by atoms with Crippen molar-refractivity contribution in [2.24, 2.45) is 0 Å². The predicted octanol–water partition coefficient (Wildman–Crippen LogP) is -4.12. The van der Waals surface area contributed by atoms with Gasteiger partial charge in [-0.1, -0.05) is 79.5 Å². The molecule has 6 aromatic rings. The largest absolute Gasteiger partial charge is 0.508 e. The van der Waals surface area contributed by atoms with Crippen LogP contribution in [0.3, 0.4) is 0 Å². The summed E-state index contributed by atoms with van der Waals surface area (Å²) in [5.74, 6) is -0.309. The molecule has 8 aliphatic heterocycles. The van der Waals surface area contributed by atoms with E-state index in [-0.39, 0.29) is 105 Å². The highest BCUT2D eigenvalue weighted by Crippen LogP contribution is 2.57. The maximum absolute atomic E-state index is 13.9. The molecule has 3 aromatic heterocycles. The van der Waals surface area contributed by atoms with Crippen LogP contribution in [-0.4, -0.2) is 418 Å². The van der Waals surface area contributed by atoms with Crippen molar-refractivity contribution in [3.63, 3.8) is 0 Å². The average molecular weight is 2030 g/mol. The number of rotatable bonds is 51. The summed E-state index contributed by atoms with van der Waals surface area (Å²) in [5, 5.41) is 257. The summed E-state index contributed by atoms with van der Waals surface area (Å²) >= 11 is 6.82. The van der Waals surface area contributed by atoms with E-state index >= 15 is 0 Å². The molecule has 8 aliphatic rings. The lowest BCUT2D eigenvalue weighted by molar-refractivity contribution is -0.370. The van der Waals surface area contributed by atoms with Crippen LogP contribution in [0.5, 0.6) is 23.0 Å². The van der Waals surface area contributed by atoms with Gasteiger partial charge in [-0.05, 0) is 87.1 Å². The number of aromatic hydroxyl groups is 2. The van der Waals surface area contributed by atoms with Crippen molar-refractivity contribution in [1.82, 2.24) is 50.3 Å². The van der Waals surface area contributed by atoms with Crippen LogP contribution >= 0.6 is 24.0 Å². The Kier molecular flexibility index (Phi) is 40.0. The number of carbonyl (C=O) groups excluding carboxylic acids is 1. The molecule has 1 spiro atoms. The van der Waals surface area contributed by atoms with Crippen molar-refractivity contribution >= 4 is 40.7 Å². The van der Waals surface area contributed by atoms with Gasteiger partial charge in [0.15, 0.2) is 42.2 Å². The van der Waals surface area contributed by atoms with Crippen molar-refractivity contribution in [3.8, 4) is 23.0 Å². The molecule has 0 unspecified atom stereocenters. The highest BCUT2D eigenvalue weighted by Gasteiger charge is 2.57. The van der Waals surface area contributed by atoms with E-state index < -0.39 is 215 Å². The van der Waals surface area contributed by atoms with E-state index in [9.17, 15) is 112 Å². The molecule has 0 saturated carbocycles. The maximum atomic E-state index is 13.9. The van der Waals surface area contributed by atoms with E-state index in [1.165, 1.54) is 50.7 Å². The van der Waals surface area contributed by atoms with Crippen LogP contribution in [0.4, 0.5) is 5.69 Å². The predicted molar refractivity (Wildman–Crippen MR) is 480 cm³/mol. The Morgan fingerprint density at radius 1 is 0.400 bits per heavy atom. The SMILES string of the molecule is O=C1OC2(c3ccc(O)cc3Oc3cc(O)ccc32)c2ccc(NC(=S)NCCS[C@H]3O[C@H](Cn4cc(COCCCCCCCO[C@@H]5O[C@@H](CO)[C@H](O)[C@@H](O)[C@H]5O)nn4)[C@@H](O[C@H]4O[C@H](Cn5cc(COCCCCCCCO[C@@H]6O[C@@H](CO)[C@H](O)[C@@H](O)[C@H]6O)nn5)[C@@H](O[C@H]5O[C@H](Cn6cc(COCCCCCCCO[C@@H]7O[C@@H](CO)[C@H](O)[C@@H](O)[C@H]7O)nn6)[C@@H](O)[C@H](O)[C@H]5O)[C@H](O)[C@H]4O)[C@H](O)[C@H]3O)cc21. The van der Waals surface area contributed by atoms with Gasteiger partial charge in [-0.15, -0.1) is 27.1 Å². The van der Waals surface area contributed by atoms with E-state index in [1.807, 2.05) is 0 Å². The lowest BCUT2D eigenvalue weighted by Crippen LogP contribution is -2.66. The minimum atomic E-state index is -2.10. The van der Waals surface area contributed by atoms with Crippen molar-refractivity contribution in [1.29, 1.82) is 0 Å². The molecule has 0 bridgehead atoms. The summed E-state index contributed by atoms with van der Waals surface area (Å²) in [6, 6.07) is 13.8. The summed E-state index contributed by atoms with van der Waals surface area (Å²) < 4.78 is 99.7. The van der Waals surface area contributed by atoms with Gasteiger partial charge in [0, 0.05) is 86.4 Å². The first-order valence-corrected chi connectivity index (χ1v) is 48.6. The Morgan fingerprint density at radius 3 is 1.19 bits per heavy atom. The molecule has 6 fully saturated rings. The monoisotopic (exact) mass is 2020 g/mol. The lowest BCUT2D eigenvalue weighted by Gasteiger charge is -2.48. The highest BCUT2D eigenvalue weighted by molar-refractivity contribution is 7.99. The van der Waals surface area contributed by atoms with Crippen molar-refractivity contribution < 1.29 is 188 Å². The number of thioether (sulfide) groups is 1. The number of benzene rings is 3. The fraction of sp³-hybridized carbons (Fsp3) is 0.708. The van der Waals surface area contributed by atoms with Gasteiger partial charge >= 0.3 is 5.97 Å². The first-order valence-electron chi connectivity index (χ1n) is 47.1. The first-order chi connectivity index (χ1) is 67.5. The second kappa shape index (κ2) is 51.6. The van der Waals surface area contributed by atoms with E-state index in [4.69, 9.17) is 88.0 Å². The van der Waals surface area contributed by atoms with Crippen LogP contribution in [0.25, 0.3) is 0 Å². The Morgan fingerprint density at radius 2 is 0.757 bits per heavy atom. The van der Waals surface area contributed by atoms with Gasteiger partial charge in [-0.3, -0.25) is 0 Å². The number of aromatic nitrogens is 9. The molecule has 0 amide bonds. The average Bonchev–Trinajstić information content (AvgIpc) is 1.54. The zero-order valence-corrected chi connectivity index (χ0v) is 78.2. The summed E-state index contributed by atoms with van der Waals surface area (Å²) in [5.41, 5.74) is 0.305. The highest BCUT2D eigenvalue weighted by atomic mass is 32.2. The molecule has 0 radical (unpaired) electrons. The fourth-order valence-corrected chi connectivity index (χ4v) is 19.0. The van der Waals surface area contributed by atoms with Gasteiger partial charge in [0.1, 0.15) is 192 Å². The van der Waals surface area contributed by atoms with Crippen LogP contribution in [-0.2, 0) is 116 Å². The molecule has 3 aromatic carbocycles. The molecule has 49 nitrogen and oxygen atoms in total. The van der Waals surface area contributed by atoms with Gasteiger partial charge in [0.2, 0.25) is 0 Å². The van der Waals surface area contributed by atoms with E-state index in [2.05, 4.69) is 41.6 Å². The Bertz CT molecular complexity index is 4780. The summed E-state index contributed by atoms with van der Waals surface area (Å²) in [6.07, 6.45) is -30.1. The summed E-state index contributed by atoms with van der Waals surface area (Å²) in [6.45, 7) is -0.877. The number of fused-ring (bicyclic) bond motifs is 6. The van der Waals surface area contributed by atoms with Crippen LogP contribution in [0.15, 0.2) is 73.2 Å². The molecule has 14 rings (SSSR count). The second-order valence-corrected chi connectivity index (χ2v) is 37.4. The van der Waals surface area contributed by atoms with E-state index in [0.717, 1.165) is 69.5 Å². The number of nitrogens with zero attached hydrogens (tertiary/aromatic N) is 9.